The number of benzene rings is 2. The number of aryl methyl sites for hydroxylation is 1. The molecule has 0 radical (unpaired) electrons. The number of rotatable bonds is 5. The van der Waals surface area contributed by atoms with Gasteiger partial charge in [0.25, 0.3) is 0 Å². The van der Waals surface area contributed by atoms with E-state index in [4.69, 9.17) is 28.5 Å². The molecule has 1 aromatic heterocycles. The molecular formula is C18H16Cl2N6. The Morgan fingerprint density at radius 3 is 2.58 bits per heavy atom. The molecule has 0 saturated heterocycles. The minimum atomic E-state index is -0.143. The molecule has 2 aromatic carbocycles. The highest BCUT2D eigenvalue weighted by Gasteiger charge is 2.23. The molecule has 0 saturated carbocycles. The van der Waals surface area contributed by atoms with Crippen LogP contribution in [0.1, 0.15) is 29.9 Å². The summed E-state index contributed by atoms with van der Waals surface area (Å²) in [7, 11) is 1.80. The van der Waals surface area contributed by atoms with Crippen molar-refractivity contribution >= 4 is 28.9 Å². The first-order chi connectivity index (χ1) is 12.5. The Morgan fingerprint density at radius 1 is 1.19 bits per heavy atom. The van der Waals surface area contributed by atoms with Crippen molar-refractivity contribution in [2.45, 2.75) is 19.5 Å². The average Bonchev–Trinajstić information content (AvgIpc) is 3.06. The molecule has 0 N–H and O–H groups in total. The van der Waals surface area contributed by atoms with Crippen molar-refractivity contribution in [3.63, 3.8) is 0 Å². The van der Waals surface area contributed by atoms with Gasteiger partial charge >= 0.3 is 0 Å². The van der Waals surface area contributed by atoms with Crippen LogP contribution < -0.4 is 4.90 Å². The van der Waals surface area contributed by atoms with Crippen LogP contribution in [0.25, 0.3) is 0 Å². The second-order valence-corrected chi connectivity index (χ2v) is 6.65. The van der Waals surface area contributed by atoms with E-state index in [0.29, 0.717) is 28.0 Å². The fourth-order valence-corrected chi connectivity index (χ4v) is 3.18. The fraction of sp³-hybridized carbons (Fsp3) is 0.222. The predicted molar refractivity (Wildman–Crippen MR) is 101 cm³/mol. The van der Waals surface area contributed by atoms with E-state index < -0.39 is 0 Å². The lowest BCUT2D eigenvalue weighted by Gasteiger charge is -2.31. The van der Waals surface area contributed by atoms with Gasteiger partial charge in [0.05, 0.1) is 16.6 Å². The van der Waals surface area contributed by atoms with Crippen molar-refractivity contribution in [3.05, 3.63) is 69.5 Å². The van der Waals surface area contributed by atoms with Gasteiger partial charge in [-0.2, -0.15) is 5.26 Å². The van der Waals surface area contributed by atoms with Crippen LogP contribution in [-0.2, 0) is 13.6 Å². The molecule has 26 heavy (non-hydrogen) atoms. The van der Waals surface area contributed by atoms with E-state index >= 15 is 0 Å². The van der Waals surface area contributed by atoms with Crippen molar-refractivity contribution in [1.29, 1.82) is 5.26 Å². The summed E-state index contributed by atoms with van der Waals surface area (Å²) in [6.07, 6.45) is 0. The maximum Gasteiger partial charge on any atom is 0.173 e. The van der Waals surface area contributed by atoms with Gasteiger partial charge < -0.3 is 4.90 Å². The summed E-state index contributed by atoms with van der Waals surface area (Å²) in [4.78, 5) is 2.10. The Bertz CT molecular complexity index is 962. The van der Waals surface area contributed by atoms with Crippen molar-refractivity contribution in [1.82, 2.24) is 20.2 Å². The smallest absolute Gasteiger partial charge is 0.173 e. The number of aromatic nitrogens is 4. The van der Waals surface area contributed by atoms with Gasteiger partial charge in [0.1, 0.15) is 6.07 Å². The largest absolute Gasteiger partial charge is 0.357 e. The number of tetrazole rings is 1. The number of hydrogen-bond donors (Lipinski definition) is 0. The Labute approximate surface area is 161 Å². The summed E-state index contributed by atoms with van der Waals surface area (Å²) in [6.45, 7) is 2.55. The molecule has 3 aromatic rings. The SMILES string of the molecule is CC(c1nnnn1C)N(Cc1ccccc1Cl)c1ccc(C#N)c(Cl)c1. The molecule has 0 spiro atoms. The van der Waals surface area contributed by atoms with E-state index in [9.17, 15) is 0 Å². The minimum absolute atomic E-state index is 0.143. The molecule has 0 aliphatic heterocycles. The Kier molecular flexibility index (Phi) is 5.40. The number of anilines is 1. The summed E-state index contributed by atoms with van der Waals surface area (Å²) in [5, 5.41) is 22.0. The normalized spacial score (nSPS) is 11.8. The van der Waals surface area contributed by atoms with E-state index in [2.05, 4.69) is 26.5 Å². The Morgan fingerprint density at radius 2 is 1.96 bits per heavy atom. The van der Waals surface area contributed by atoms with Crippen molar-refractivity contribution in [2.24, 2.45) is 7.05 Å². The van der Waals surface area contributed by atoms with E-state index in [1.165, 1.54) is 0 Å². The van der Waals surface area contributed by atoms with E-state index in [-0.39, 0.29) is 6.04 Å². The summed E-state index contributed by atoms with van der Waals surface area (Å²) < 4.78 is 1.63. The van der Waals surface area contributed by atoms with Crippen LogP contribution in [0.3, 0.4) is 0 Å². The second kappa shape index (κ2) is 7.73. The number of nitriles is 1. The molecule has 0 amide bonds. The zero-order valence-electron chi connectivity index (χ0n) is 14.3. The maximum atomic E-state index is 9.12. The molecular weight excluding hydrogens is 371 g/mol. The summed E-state index contributed by atoms with van der Waals surface area (Å²) in [6, 6.07) is 14.9. The van der Waals surface area contributed by atoms with Crippen molar-refractivity contribution in [3.8, 4) is 6.07 Å². The van der Waals surface area contributed by atoms with Gasteiger partial charge in [-0.3, -0.25) is 0 Å². The van der Waals surface area contributed by atoms with Gasteiger partial charge in [0.2, 0.25) is 0 Å². The second-order valence-electron chi connectivity index (χ2n) is 5.83. The zero-order chi connectivity index (χ0) is 18.7. The first kappa shape index (κ1) is 18.2. The van der Waals surface area contributed by atoms with Gasteiger partial charge in [-0.1, -0.05) is 41.4 Å². The Balaban J connectivity index is 2.04. The molecule has 8 heteroatoms. The van der Waals surface area contributed by atoms with Gasteiger partial charge in [-0.25, -0.2) is 4.68 Å². The van der Waals surface area contributed by atoms with Gasteiger partial charge in [0, 0.05) is 24.3 Å². The lowest BCUT2D eigenvalue weighted by Crippen LogP contribution is -2.28. The van der Waals surface area contributed by atoms with Crippen LogP contribution in [0, 0.1) is 11.3 Å². The predicted octanol–water partition coefficient (Wildman–Crippen LogP) is 4.16. The van der Waals surface area contributed by atoms with Crippen LogP contribution >= 0.6 is 23.2 Å². The summed E-state index contributed by atoms with van der Waals surface area (Å²) >= 11 is 12.6. The molecule has 1 heterocycles. The third kappa shape index (κ3) is 3.64. The maximum absolute atomic E-state index is 9.12. The van der Waals surface area contributed by atoms with E-state index in [1.54, 1.807) is 23.9 Å². The minimum Gasteiger partial charge on any atom is -0.357 e. The van der Waals surface area contributed by atoms with E-state index in [1.807, 2.05) is 37.3 Å². The summed E-state index contributed by atoms with van der Waals surface area (Å²) in [5.41, 5.74) is 2.25. The van der Waals surface area contributed by atoms with Gasteiger partial charge in [0.15, 0.2) is 5.82 Å². The lowest BCUT2D eigenvalue weighted by molar-refractivity contribution is 0.582. The first-order valence-corrected chi connectivity index (χ1v) is 8.68. The molecule has 6 nitrogen and oxygen atoms in total. The standard InChI is InChI=1S/C18H16Cl2N6/c1-12(18-22-23-24-25(18)2)26(11-14-5-3-4-6-16(14)19)15-8-7-13(10-21)17(20)9-15/h3-9,12H,11H2,1-2H3. The van der Waals surface area contributed by atoms with Crippen molar-refractivity contribution in [2.75, 3.05) is 4.90 Å². The molecule has 1 unspecified atom stereocenters. The van der Waals surface area contributed by atoms with Crippen LogP contribution in [0.5, 0.6) is 0 Å². The van der Waals surface area contributed by atoms with Gasteiger partial charge in [-0.15, -0.1) is 5.10 Å². The highest BCUT2D eigenvalue weighted by Crippen LogP contribution is 2.32. The Hall–Kier alpha value is -2.62. The molecule has 1 atom stereocenters. The summed E-state index contributed by atoms with van der Waals surface area (Å²) in [5.74, 6) is 0.706. The average molecular weight is 387 g/mol. The van der Waals surface area contributed by atoms with Crippen LogP contribution in [0.4, 0.5) is 5.69 Å². The van der Waals surface area contributed by atoms with Crippen LogP contribution in [-0.4, -0.2) is 20.2 Å². The highest BCUT2D eigenvalue weighted by molar-refractivity contribution is 6.32. The quantitative estimate of drug-likeness (QED) is 0.658. The zero-order valence-corrected chi connectivity index (χ0v) is 15.8. The number of nitrogens with zero attached hydrogens (tertiary/aromatic N) is 6. The van der Waals surface area contributed by atoms with Crippen molar-refractivity contribution < 1.29 is 0 Å². The van der Waals surface area contributed by atoms with Crippen LogP contribution in [0.2, 0.25) is 10.0 Å². The fourth-order valence-electron chi connectivity index (χ4n) is 2.77. The van der Waals surface area contributed by atoms with Gasteiger partial charge in [-0.05, 0) is 47.2 Å². The third-order valence-electron chi connectivity index (χ3n) is 4.20. The molecule has 0 bridgehead atoms. The number of halogens is 2. The highest BCUT2D eigenvalue weighted by atomic mass is 35.5. The van der Waals surface area contributed by atoms with E-state index in [0.717, 1.165) is 11.3 Å². The topological polar surface area (TPSA) is 70.6 Å². The molecule has 3 rings (SSSR count). The molecule has 0 aliphatic carbocycles. The third-order valence-corrected chi connectivity index (χ3v) is 4.88. The monoisotopic (exact) mass is 386 g/mol. The number of hydrogen-bond acceptors (Lipinski definition) is 5. The molecule has 0 aliphatic rings. The first-order valence-electron chi connectivity index (χ1n) is 7.93. The molecule has 0 fully saturated rings. The lowest BCUT2D eigenvalue weighted by atomic mass is 10.1. The van der Waals surface area contributed by atoms with Crippen LogP contribution in [0.15, 0.2) is 42.5 Å². The molecule has 132 valence electrons.